The smallest absolute Gasteiger partial charge is 0.0540 e. The molecule has 0 saturated heterocycles. The Morgan fingerprint density at radius 2 is 0.774 bits per heavy atom. The van der Waals surface area contributed by atoms with E-state index in [4.69, 9.17) is 0 Å². The molecule has 2 nitrogen and oxygen atoms in total. The van der Waals surface area contributed by atoms with Crippen molar-refractivity contribution < 1.29 is 0 Å². The summed E-state index contributed by atoms with van der Waals surface area (Å²) < 4.78 is 0. The maximum atomic E-state index is 2.43. The molecule has 298 valence electrons. The molecule has 0 aliphatic heterocycles. The first kappa shape index (κ1) is 37.6. The fourth-order valence-electron chi connectivity index (χ4n) is 10.2. The van der Waals surface area contributed by atoms with E-state index >= 15 is 0 Å². The predicted molar refractivity (Wildman–Crippen MR) is 264 cm³/mol. The minimum atomic E-state index is -0.161. The second-order valence-corrected chi connectivity index (χ2v) is 17.8. The van der Waals surface area contributed by atoms with Crippen molar-refractivity contribution in [2.45, 2.75) is 38.5 Å². The van der Waals surface area contributed by atoms with Crippen LogP contribution in [0.2, 0.25) is 0 Å². The molecule has 0 heterocycles. The zero-order valence-corrected chi connectivity index (χ0v) is 35.7. The number of hydrogen-bond acceptors (Lipinski definition) is 2. The van der Waals surface area contributed by atoms with Crippen LogP contribution in [0, 0.1) is 0 Å². The molecule has 9 aromatic rings. The molecule has 2 aliphatic carbocycles. The summed E-state index contributed by atoms with van der Waals surface area (Å²) in [5, 5.41) is 2.45. The molecule has 0 bridgehead atoms. The molecule has 0 unspecified atom stereocenters. The topological polar surface area (TPSA) is 6.48 Å². The molecule has 2 heteroatoms. The van der Waals surface area contributed by atoms with Crippen LogP contribution >= 0.6 is 0 Å². The number of fused-ring (bicyclic) bond motifs is 7. The van der Waals surface area contributed by atoms with Gasteiger partial charge in [-0.15, -0.1) is 0 Å². The van der Waals surface area contributed by atoms with Gasteiger partial charge in [0.1, 0.15) is 0 Å². The van der Waals surface area contributed by atoms with Crippen LogP contribution in [0.5, 0.6) is 0 Å². The summed E-state index contributed by atoms with van der Waals surface area (Å²) in [4.78, 5) is 4.78. The maximum absolute atomic E-state index is 2.43. The number of anilines is 6. The van der Waals surface area contributed by atoms with Crippen molar-refractivity contribution in [2.75, 3.05) is 9.80 Å². The average Bonchev–Trinajstić information content (AvgIpc) is 3.68. The van der Waals surface area contributed by atoms with Crippen molar-refractivity contribution in [3.8, 4) is 22.3 Å². The summed E-state index contributed by atoms with van der Waals surface area (Å²) >= 11 is 0. The van der Waals surface area contributed by atoms with E-state index < -0.39 is 0 Å². The van der Waals surface area contributed by atoms with Gasteiger partial charge >= 0.3 is 0 Å². The lowest BCUT2D eigenvalue weighted by Crippen LogP contribution is -2.16. The van der Waals surface area contributed by atoms with Gasteiger partial charge in [0.2, 0.25) is 0 Å². The van der Waals surface area contributed by atoms with Crippen LogP contribution in [-0.2, 0) is 10.8 Å². The molecule has 0 fully saturated rings. The van der Waals surface area contributed by atoms with Gasteiger partial charge in [-0.2, -0.15) is 0 Å². The first-order chi connectivity index (χ1) is 30.3. The lowest BCUT2D eigenvalue weighted by molar-refractivity contribution is 0.660. The first-order valence-electron chi connectivity index (χ1n) is 21.8. The van der Waals surface area contributed by atoms with Crippen molar-refractivity contribution in [1.29, 1.82) is 0 Å². The quantitative estimate of drug-likeness (QED) is 0.141. The van der Waals surface area contributed by atoms with Crippen molar-refractivity contribution in [1.82, 2.24) is 0 Å². The standard InChI is InChI=1S/C60H48N2/c1-59(2)54-24-14-13-23-50(54)52-37-34-48(40-56(52)59)62(58-25-15-17-43-16-11-12-22-49(43)58)46-31-28-41(29-32-46)26-27-42-30-35-51-53-36-33-47(39-57(53)60(3,4)55(51)38-42)61(44-18-7-5-8-19-44)45-20-9-6-10-21-45/h5-40H,1-4H3. The summed E-state index contributed by atoms with van der Waals surface area (Å²) in [5.74, 6) is 0. The van der Waals surface area contributed by atoms with Crippen molar-refractivity contribution in [3.63, 3.8) is 0 Å². The van der Waals surface area contributed by atoms with Crippen molar-refractivity contribution in [2.24, 2.45) is 0 Å². The second kappa shape index (κ2) is 14.6. The molecule has 62 heavy (non-hydrogen) atoms. The van der Waals surface area contributed by atoms with Crippen LogP contribution in [-0.4, -0.2) is 0 Å². The van der Waals surface area contributed by atoms with E-state index in [1.54, 1.807) is 0 Å². The van der Waals surface area contributed by atoms with Crippen LogP contribution in [0.15, 0.2) is 206 Å². The Hall–Kier alpha value is -7.42. The third-order valence-electron chi connectivity index (χ3n) is 13.4. The molecule has 0 aromatic heterocycles. The van der Waals surface area contributed by atoms with E-state index in [2.05, 4.69) is 256 Å². The van der Waals surface area contributed by atoms with Gasteiger partial charge < -0.3 is 9.80 Å². The zero-order chi connectivity index (χ0) is 42.0. The highest BCUT2D eigenvalue weighted by molar-refractivity contribution is 5.99. The fraction of sp³-hybridized carbons (Fsp3) is 0.100. The summed E-state index contributed by atoms with van der Waals surface area (Å²) in [6, 6.07) is 75.5. The lowest BCUT2D eigenvalue weighted by atomic mass is 9.81. The molecule has 2 aliphatic rings. The highest BCUT2D eigenvalue weighted by Crippen LogP contribution is 2.52. The molecule has 0 spiro atoms. The molecule has 0 atom stereocenters. The highest BCUT2D eigenvalue weighted by Gasteiger charge is 2.37. The van der Waals surface area contributed by atoms with Crippen LogP contribution < -0.4 is 9.80 Å². The summed E-state index contributed by atoms with van der Waals surface area (Å²) in [6.45, 7) is 9.44. The van der Waals surface area contributed by atoms with Gasteiger partial charge in [0, 0.05) is 44.7 Å². The highest BCUT2D eigenvalue weighted by atomic mass is 15.1. The monoisotopic (exact) mass is 796 g/mol. The number of para-hydroxylation sites is 2. The molecular formula is C60H48N2. The minimum absolute atomic E-state index is 0.0918. The Kier molecular flexibility index (Phi) is 8.87. The van der Waals surface area contributed by atoms with Crippen LogP contribution in [0.3, 0.4) is 0 Å². The Morgan fingerprint density at radius 1 is 0.323 bits per heavy atom. The van der Waals surface area contributed by atoms with Gasteiger partial charge in [-0.1, -0.05) is 179 Å². The zero-order valence-electron chi connectivity index (χ0n) is 35.7. The van der Waals surface area contributed by atoms with E-state index in [1.807, 2.05) is 0 Å². The molecule has 0 radical (unpaired) electrons. The lowest BCUT2D eigenvalue weighted by Gasteiger charge is -2.29. The van der Waals surface area contributed by atoms with Gasteiger partial charge in [0.05, 0.1) is 5.69 Å². The van der Waals surface area contributed by atoms with Crippen LogP contribution in [0.4, 0.5) is 34.1 Å². The third kappa shape index (κ3) is 6.17. The largest absolute Gasteiger partial charge is 0.310 e. The minimum Gasteiger partial charge on any atom is -0.310 e. The Bertz CT molecular complexity index is 3130. The van der Waals surface area contributed by atoms with E-state index in [1.165, 1.54) is 66.5 Å². The number of hydrogen-bond donors (Lipinski definition) is 0. The van der Waals surface area contributed by atoms with E-state index in [0.29, 0.717) is 0 Å². The Labute approximate surface area is 365 Å². The molecular weight excluding hydrogens is 749 g/mol. The number of rotatable bonds is 8. The molecule has 11 rings (SSSR count). The summed E-state index contributed by atoms with van der Waals surface area (Å²) in [6.07, 6.45) is 4.50. The van der Waals surface area contributed by atoms with Crippen LogP contribution in [0.25, 0.3) is 45.2 Å². The Balaban J connectivity index is 0.910. The average molecular weight is 797 g/mol. The van der Waals surface area contributed by atoms with Gasteiger partial charge in [-0.05, 0) is 128 Å². The van der Waals surface area contributed by atoms with Gasteiger partial charge in [0.15, 0.2) is 0 Å². The number of benzene rings is 9. The normalized spacial score (nSPS) is 14.0. The van der Waals surface area contributed by atoms with Crippen LogP contribution in [0.1, 0.15) is 61.1 Å². The second-order valence-electron chi connectivity index (χ2n) is 17.8. The SMILES string of the molecule is CC1(C)c2cc(C=Cc3ccc(N(c4ccc5c(c4)C(C)(C)c4ccccc4-5)c4cccc5ccccc45)cc3)ccc2-c2ccc(N(c3ccccc3)c3ccccc3)cc21. The first-order valence-corrected chi connectivity index (χ1v) is 21.8. The fourth-order valence-corrected chi connectivity index (χ4v) is 10.2. The maximum Gasteiger partial charge on any atom is 0.0540 e. The molecule has 9 aromatic carbocycles. The van der Waals surface area contributed by atoms with E-state index in [-0.39, 0.29) is 10.8 Å². The third-order valence-corrected chi connectivity index (χ3v) is 13.4. The van der Waals surface area contributed by atoms with Gasteiger partial charge in [-0.25, -0.2) is 0 Å². The number of nitrogens with zero attached hydrogens (tertiary/aromatic N) is 2. The van der Waals surface area contributed by atoms with E-state index in [9.17, 15) is 0 Å². The van der Waals surface area contributed by atoms with Gasteiger partial charge in [0.25, 0.3) is 0 Å². The molecule has 0 N–H and O–H groups in total. The molecule has 0 amide bonds. The van der Waals surface area contributed by atoms with E-state index in [0.717, 1.165) is 34.0 Å². The Morgan fingerprint density at radius 3 is 1.45 bits per heavy atom. The van der Waals surface area contributed by atoms with Crippen molar-refractivity contribution >= 4 is 57.0 Å². The summed E-state index contributed by atoms with van der Waals surface area (Å²) in [7, 11) is 0. The van der Waals surface area contributed by atoms with Crippen molar-refractivity contribution in [3.05, 3.63) is 240 Å². The predicted octanol–water partition coefficient (Wildman–Crippen LogP) is 16.6. The van der Waals surface area contributed by atoms with Gasteiger partial charge in [-0.3, -0.25) is 0 Å². The summed E-state index contributed by atoms with van der Waals surface area (Å²) in [5.41, 5.74) is 19.8. The molecule has 0 saturated carbocycles.